The minimum Gasteiger partial charge on any atom is -0.481 e. The number of hydrogen-bond donors (Lipinski definition) is 1. The van der Waals surface area contributed by atoms with Gasteiger partial charge in [0, 0.05) is 78.9 Å². The predicted molar refractivity (Wildman–Crippen MR) is 169 cm³/mol. The standard InChI is InChI=1S/C33H24F9N5O7/c1-51-24-8-5-17(15-44-24)25-22(16-45-11-13-46(14-12-45)20-4-2-3-19-18(20)9-10-43-19)47(54-30(50)33(40,41)42)21-6-7-23(52-28(48)31(34,35)36)27(26(21)25)53-29(49)32(37,38)39/h2-10,15,43H,11-14,16H2,1H3. The molecule has 0 saturated carbocycles. The summed E-state index contributed by atoms with van der Waals surface area (Å²) in [6.45, 7) is 0.769. The number of nitrogens with zero attached hydrogens (tertiary/aromatic N) is 4. The lowest BCUT2D eigenvalue weighted by molar-refractivity contribution is -0.199. The van der Waals surface area contributed by atoms with Gasteiger partial charge in [-0.2, -0.15) is 44.2 Å². The molecule has 0 aliphatic carbocycles. The fourth-order valence-electron chi connectivity index (χ4n) is 5.89. The first-order valence-corrected chi connectivity index (χ1v) is 15.5. The number of methoxy groups -OCH3 is 1. The molecule has 54 heavy (non-hydrogen) atoms. The van der Waals surface area contributed by atoms with Crippen LogP contribution in [0.2, 0.25) is 0 Å². The van der Waals surface area contributed by atoms with Gasteiger partial charge in [0.25, 0.3) is 0 Å². The van der Waals surface area contributed by atoms with Crippen LogP contribution in [-0.2, 0) is 20.9 Å². The number of rotatable bonds is 8. The zero-order valence-electron chi connectivity index (χ0n) is 27.4. The maximum absolute atomic E-state index is 13.6. The van der Waals surface area contributed by atoms with E-state index in [2.05, 4.69) is 19.4 Å². The number of carbonyl (C=O) groups is 3. The van der Waals surface area contributed by atoms with Crippen molar-refractivity contribution in [1.29, 1.82) is 0 Å². The van der Waals surface area contributed by atoms with E-state index in [9.17, 15) is 53.9 Å². The van der Waals surface area contributed by atoms with Crippen LogP contribution in [0, 0.1) is 0 Å². The van der Waals surface area contributed by atoms with Crippen LogP contribution >= 0.6 is 0 Å². The van der Waals surface area contributed by atoms with Crippen molar-refractivity contribution in [1.82, 2.24) is 19.6 Å². The second-order valence-electron chi connectivity index (χ2n) is 11.6. The normalized spacial score (nSPS) is 14.4. The van der Waals surface area contributed by atoms with E-state index in [1.165, 1.54) is 19.2 Å². The molecule has 0 bridgehead atoms. The van der Waals surface area contributed by atoms with E-state index < -0.39 is 70.9 Å². The Labute approximate surface area is 296 Å². The summed E-state index contributed by atoms with van der Waals surface area (Å²) in [6, 6.07) is 11.1. The second kappa shape index (κ2) is 14.1. The van der Waals surface area contributed by atoms with Gasteiger partial charge in [-0.25, -0.2) is 19.4 Å². The van der Waals surface area contributed by atoms with Gasteiger partial charge in [-0.3, -0.25) is 4.90 Å². The Morgan fingerprint density at radius 3 is 2.07 bits per heavy atom. The average Bonchev–Trinajstić information content (AvgIpc) is 3.71. The number of esters is 2. The Morgan fingerprint density at radius 1 is 0.796 bits per heavy atom. The average molecular weight is 774 g/mol. The Balaban J connectivity index is 1.54. The summed E-state index contributed by atoms with van der Waals surface area (Å²) in [5.74, 6) is -11.5. The SMILES string of the molecule is COc1ccc(-c2c(CN3CCN(c4cccc5[nH]ccc45)CC3)n(OC(=O)C(F)(F)F)c3ccc(OC(=O)C(F)(F)F)c(OC(=O)C(F)(F)F)c23)cn1. The Kier molecular flexibility index (Phi) is 9.86. The predicted octanol–water partition coefficient (Wildman–Crippen LogP) is 5.97. The molecule has 1 N–H and O–H groups in total. The molecule has 3 aromatic heterocycles. The summed E-state index contributed by atoms with van der Waals surface area (Å²) >= 11 is 0. The number of nitrogens with one attached hydrogen (secondary N) is 1. The molecule has 5 aromatic rings. The van der Waals surface area contributed by atoms with Gasteiger partial charge in [-0.1, -0.05) is 6.07 Å². The number of aromatic amines is 1. The number of anilines is 1. The van der Waals surface area contributed by atoms with Gasteiger partial charge in [0.15, 0.2) is 11.5 Å². The monoisotopic (exact) mass is 773 g/mol. The molecule has 286 valence electrons. The Morgan fingerprint density at radius 2 is 1.46 bits per heavy atom. The highest BCUT2D eigenvalue weighted by Gasteiger charge is 2.46. The Bertz CT molecular complexity index is 2220. The third-order valence-electron chi connectivity index (χ3n) is 8.26. The molecule has 21 heteroatoms. The van der Waals surface area contributed by atoms with Crippen LogP contribution in [0.5, 0.6) is 17.4 Å². The van der Waals surface area contributed by atoms with Crippen LogP contribution in [0.25, 0.3) is 32.9 Å². The maximum atomic E-state index is 13.6. The largest absolute Gasteiger partial charge is 0.493 e. The first kappa shape index (κ1) is 37.8. The third-order valence-corrected chi connectivity index (χ3v) is 8.26. The molecule has 1 fully saturated rings. The lowest BCUT2D eigenvalue weighted by Crippen LogP contribution is -2.46. The van der Waals surface area contributed by atoms with Crippen molar-refractivity contribution in [2.24, 2.45) is 0 Å². The summed E-state index contributed by atoms with van der Waals surface area (Å²) in [6.07, 6.45) is -14.3. The quantitative estimate of drug-likeness (QED) is 0.115. The maximum Gasteiger partial charge on any atom is 0.493 e. The van der Waals surface area contributed by atoms with Gasteiger partial charge in [-0.05, 0) is 36.4 Å². The van der Waals surface area contributed by atoms with Crippen LogP contribution in [-0.4, -0.2) is 89.3 Å². The van der Waals surface area contributed by atoms with E-state index in [0.29, 0.717) is 30.0 Å². The molecule has 1 aliphatic heterocycles. The van der Waals surface area contributed by atoms with Crippen LogP contribution in [0.1, 0.15) is 5.69 Å². The number of carbonyl (C=O) groups excluding carboxylic acids is 3. The summed E-state index contributed by atoms with van der Waals surface area (Å²) in [5, 5.41) is 0.122. The van der Waals surface area contributed by atoms with Crippen LogP contribution in [0.3, 0.4) is 0 Å². The molecule has 0 spiro atoms. The van der Waals surface area contributed by atoms with Crippen molar-refractivity contribution in [3.63, 3.8) is 0 Å². The van der Waals surface area contributed by atoms with Gasteiger partial charge in [0.1, 0.15) is 0 Å². The van der Waals surface area contributed by atoms with Gasteiger partial charge in [-0.15, -0.1) is 0 Å². The number of alkyl halides is 9. The van der Waals surface area contributed by atoms with E-state index in [-0.39, 0.29) is 30.2 Å². The zero-order chi connectivity index (χ0) is 39.2. The molecular formula is C33H24F9N5O7. The number of ether oxygens (including phenoxy) is 3. The lowest BCUT2D eigenvalue weighted by Gasteiger charge is -2.36. The fraction of sp³-hybridized carbons (Fsp3) is 0.273. The summed E-state index contributed by atoms with van der Waals surface area (Å²) in [4.78, 5) is 52.0. The fourth-order valence-corrected chi connectivity index (χ4v) is 5.89. The van der Waals surface area contributed by atoms with Crippen molar-refractivity contribution in [2.45, 2.75) is 25.1 Å². The van der Waals surface area contributed by atoms with Crippen molar-refractivity contribution >= 4 is 45.4 Å². The highest BCUT2D eigenvalue weighted by atomic mass is 19.4. The molecule has 1 saturated heterocycles. The molecule has 0 unspecified atom stereocenters. The van der Waals surface area contributed by atoms with Crippen molar-refractivity contribution in [2.75, 3.05) is 38.2 Å². The highest BCUT2D eigenvalue weighted by Crippen LogP contribution is 2.46. The van der Waals surface area contributed by atoms with Gasteiger partial charge >= 0.3 is 36.4 Å². The second-order valence-corrected chi connectivity index (χ2v) is 11.6. The van der Waals surface area contributed by atoms with Gasteiger partial charge in [0.05, 0.1) is 23.7 Å². The van der Waals surface area contributed by atoms with E-state index in [0.717, 1.165) is 22.8 Å². The first-order valence-electron chi connectivity index (χ1n) is 15.5. The highest BCUT2D eigenvalue weighted by molar-refractivity contribution is 6.05. The third kappa shape index (κ3) is 7.56. The Hall–Kier alpha value is -5.99. The lowest BCUT2D eigenvalue weighted by atomic mass is 10.0. The molecule has 12 nitrogen and oxygen atoms in total. The molecule has 0 radical (unpaired) electrons. The van der Waals surface area contributed by atoms with Gasteiger partial charge in [0.2, 0.25) is 5.88 Å². The number of H-pyrrole nitrogens is 1. The van der Waals surface area contributed by atoms with E-state index in [1.807, 2.05) is 29.2 Å². The number of fused-ring (bicyclic) bond motifs is 2. The zero-order valence-corrected chi connectivity index (χ0v) is 27.4. The molecule has 6 rings (SSSR count). The smallest absolute Gasteiger partial charge is 0.481 e. The van der Waals surface area contributed by atoms with E-state index in [1.54, 1.807) is 11.1 Å². The van der Waals surface area contributed by atoms with Crippen molar-refractivity contribution < 1.29 is 72.9 Å². The van der Waals surface area contributed by atoms with Crippen LogP contribution in [0.15, 0.2) is 60.9 Å². The molecule has 1 aliphatic rings. The minimum absolute atomic E-state index is 0.00961. The van der Waals surface area contributed by atoms with E-state index >= 15 is 0 Å². The summed E-state index contributed by atoms with van der Waals surface area (Å²) in [7, 11) is 1.24. The first-order chi connectivity index (χ1) is 25.4. The minimum atomic E-state index is -5.77. The number of aromatic nitrogens is 3. The summed E-state index contributed by atoms with van der Waals surface area (Å²) < 4.78 is 136. The molecule has 2 aromatic carbocycles. The number of pyridine rings is 1. The number of halogens is 9. The van der Waals surface area contributed by atoms with Crippen LogP contribution in [0.4, 0.5) is 45.2 Å². The molecular weight excluding hydrogens is 749 g/mol. The van der Waals surface area contributed by atoms with E-state index in [4.69, 9.17) is 9.57 Å². The number of hydrogen-bond acceptors (Lipinski definition) is 10. The topological polar surface area (TPSA) is 128 Å². The van der Waals surface area contributed by atoms with Crippen LogP contribution < -0.4 is 23.9 Å². The summed E-state index contributed by atoms with van der Waals surface area (Å²) in [5.41, 5.74) is 0.167. The molecule has 0 atom stereocenters. The molecule has 4 heterocycles. The number of piperazine rings is 1. The van der Waals surface area contributed by atoms with Crippen molar-refractivity contribution in [3.8, 4) is 28.5 Å². The van der Waals surface area contributed by atoms with Gasteiger partial charge < -0.3 is 28.9 Å². The molecule has 0 amide bonds. The van der Waals surface area contributed by atoms with Crippen molar-refractivity contribution in [3.05, 3.63) is 66.6 Å². The number of benzene rings is 2.